The summed E-state index contributed by atoms with van der Waals surface area (Å²) in [6, 6.07) is 20.8. The van der Waals surface area contributed by atoms with Crippen molar-refractivity contribution in [3.8, 4) is 17.3 Å². The molecule has 0 atom stereocenters. The third kappa shape index (κ3) is 4.42. The molecular formula is C23H20ClN5O. The molecule has 1 aliphatic heterocycles. The minimum atomic E-state index is -0.122. The molecule has 1 aliphatic rings. The molecule has 30 heavy (non-hydrogen) atoms. The van der Waals surface area contributed by atoms with Gasteiger partial charge in [0.05, 0.1) is 16.9 Å². The summed E-state index contributed by atoms with van der Waals surface area (Å²) in [5, 5.41) is 21.3. The highest BCUT2D eigenvalue weighted by Crippen LogP contribution is 2.26. The molecule has 7 heteroatoms. The van der Waals surface area contributed by atoms with Crippen LogP contribution in [0, 0.1) is 17.2 Å². The van der Waals surface area contributed by atoms with Crippen LogP contribution in [-0.2, 0) is 4.79 Å². The lowest BCUT2D eigenvalue weighted by Crippen LogP contribution is -2.38. The number of nitrogens with zero attached hydrogens (tertiary/aromatic N) is 4. The van der Waals surface area contributed by atoms with E-state index in [0.29, 0.717) is 29.1 Å². The quantitative estimate of drug-likeness (QED) is 0.674. The number of amides is 1. The van der Waals surface area contributed by atoms with Crippen molar-refractivity contribution in [2.24, 2.45) is 5.92 Å². The molecule has 1 amide bonds. The van der Waals surface area contributed by atoms with Gasteiger partial charge in [-0.15, -0.1) is 10.2 Å². The predicted octanol–water partition coefficient (Wildman–Crippen LogP) is 4.52. The van der Waals surface area contributed by atoms with Crippen LogP contribution in [0.5, 0.6) is 0 Å². The van der Waals surface area contributed by atoms with Gasteiger partial charge in [0.25, 0.3) is 0 Å². The molecular weight excluding hydrogens is 398 g/mol. The number of halogens is 1. The molecule has 0 spiro atoms. The van der Waals surface area contributed by atoms with Crippen molar-refractivity contribution in [1.82, 2.24) is 10.2 Å². The van der Waals surface area contributed by atoms with Crippen molar-refractivity contribution in [2.45, 2.75) is 12.8 Å². The molecule has 2 heterocycles. The molecule has 0 unspecified atom stereocenters. The Balaban J connectivity index is 1.36. The molecule has 0 aliphatic carbocycles. The summed E-state index contributed by atoms with van der Waals surface area (Å²) in [5.41, 5.74) is 2.73. The van der Waals surface area contributed by atoms with Gasteiger partial charge >= 0.3 is 0 Å². The predicted molar refractivity (Wildman–Crippen MR) is 117 cm³/mol. The number of aromatic nitrogens is 2. The van der Waals surface area contributed by atoms with E-state index >= 15 is 0 Å². The lowest BCUT2D eigenvalue weighted by Gasteiger charge is -2.31. The second-order valence-corrected chi connectivity index (χ2v) is 7.63. The molecule has 4 rings (SSSR count). The first kappa shape index (κ1) is 19.9. The van der Waals surface area contributed by atoms with E-state index in [0.717, 1.165) is 30.2 Å². The average molecular weight is 418 g/mol. The number of hydrogen-bond donors (Lipinski definition) is 1. The maximum Gasteiger partial charge on any atom is 0.227 e. The molecule has 0 saturated carbocycles. The average Bonchev–Trinajstić information content (AvgIpc) is 2.80. The van der Waals surface area contributed by atoms with E-state index in [-0.39, 0.29) is 11.8 Å². The van der Waals surface area contributed by atoms with Gasteiger partial charge < -0.3 is 10.2 Å². The van der Waals surface area contributed by atoms with Crippen LogP contribution in [0.15, 0.2) is 60.7 Å². The smallest absolute Gasteiger partial charge is 0.227 e. The van der Waals surface area contributed by atoms with E-state index in [9.17, 15) is 10.1 Å². The molecule has 0 radical (unpaired) electrons. The highest BCUT2D eigenvalue weighted by molar-refractivity contribution is 6.31. The van der Waals surface area contributed by atoms with Gasteiger partial charge in [-0.25, -0.2) is 0 Å². The lowest BCUT2D eigenvalue weighted by molar-refractivity contribution is -0.120. The largest absolute Gasteiger partial charge is 0.355 e. The molecule has 6 nitrogen and oxygen atoms in total. The molecule has 1 saturated heterocycles. The van der Waals surface area contributed by atoms with Crippen LogP contribution in [0.1, 0.15) is 18.4 Å². The summed E-state index contributed by atoms with van der Waals surface area (Å²) in [5.74, 6) is 0.609. The fourth-order valence-electron chi connectivity index (χ4n) is 3.58. The lowest BCUT2D eigenvalue weighted by atomic mass is 9.95. The highest BCUT2D eigenvalue weighted by Gasteiger charge is 2.26. The zero-order valence-electron chi connectivity index (χ0n) is 16.3. The second kappa shape index (κ2) is 8.93. The number of carbonyl (C=O) groups is 1. The van der Waals surface area contributed by atoms with Crippen LogP contribution in [0.3, 0.4) is 0 Å². The van der Waals surface area contributed by atoms with Crippen LogP contribution >= 0.6 is 11.6 Å². The zero-order chi connectivity index (χ0) is 20.9. The maximum atomic E-state index is 12.7. The van der Waals surface area contributed by atoms with Crippen LogP contribution in [0.2, 0.25) is 5.02 Å². The van der Waals surface area contributed by atoms with E-state index < -0.39 is 0 Å². The summed E-state index contributed by atoms with van der Waals surface area (Å²) in [4.78, 5) is 14.8. The zero-order valence-corrected chi connectivity index (χ0v) is 17.0. The normalized spacial score (nSPS) is 14.2. The molecule has 150 valence electrons. The van der Waals surface area contributed by atoms with Gasteiger partial charge in [-0.3, -0.25) is 4.79 Å². The Morgan fingerprint density at radius 3 is 2.50 bits per heavy atom. The Kier molecular flexibility index (Phi) is 5.92. The number of nitriles is 1. The highest BCUT2D eigenvalue weighted by atomic mass is 35.5. The minimum absolute atomic E-state index is 0.0843. The Morgan fingerprint density at radius 1 is 1.07 bits per heavy atom. The van der Waals surface area contributed by atoms with E-state index in [2.05, 4.69) is 26.5 Å². The third-order valence-corrected chi connectivity index (χ3v) is 5.50. The Morgan fingerprint density at radius 2 is 1.83 bits per heavy atom. The second-order valence-electron chi connectivity index (χ2n) is 7.20. The van der Waals surface area contributed by atoms with Gasteiger partial charge in [0.2, 0.25) is 5.91 Å². The number of hydrogen-bond acceptors (Lipinski definition) is 5. The van der Waals surface area contributed by atoms with Gasteiger partial charge in [-0.05, 0) is 43.2 Å². The fourth-order valence-corrected chi connectivity index (χ4v) is 3.75. The Bertz CT molecular complexity index is 1070. The minimum Gasteiger partial charge on any atom is -0.355 e. The van der Waals surface area contributed by atoms with Crippen molar-refractivity contribution in [2.75, 3.05) is 23.3 Å². The fraction of sp³-hybridized carbons (Fsp3) is 0.217. The summed E-state index contributed by atoms with van der Waals surface area (Å²) in [7, 11) is 0. The molecule has 1 aromatic heterocycles. The molecule has 2 aromatic carbocycles. The van der Waals surface area contributed by atoms with Gasteiger partial charge in [0.1, 0.15) is 6.07 Å². The summed E-state index contributed by atoms with van der Waals surface area (Å²) in [6.07, 6.45) is 1.41. The Hall–Kier alpha value is -3.43. The van der Waals surface area contributed by atoms with Crippen molar-refractivity contribution in [3.63, 3.8) is 0 Å². The van der Waals surface area contributed by atoms with Crippen LogP contribution < -0.4 is 10.2 Å². The van der Waals surface area contributed by atoms with Crippen LogP contribution in [0.4, 0.5) is 11.5 Å². The standard InChI is InChI=1S/C23H20ClN5O/c24-19-7-6-18(15-25)21(14-19)26-23(30)17-10-12-29(13-11-17)22-9-8-20(27-28-22)16-4-2-1-3-5-16/h1-9,14,17H,10-13H2,(H,26,30). The molecule has 3 aromatic rings. The van der Waals surface area contributed by atoms with Gasteiger partial charge in [-0.1, -0.05) is 41.9 Å². The summed E-state index contributed by atoms with van der Waals surface area (Å²) in [6.45, 7) is 1.44. The SMILES string of the molecule is N#Cc1ccc(Cl)cc1NC(=O)C1CCN(c2ccc(-c3ccccc3)nn2)CC1. The molecule has 1 fully saturated rings. The monoisotopic (exact) mass is 417 g/mol. The molecule has 1 N–H and O–H groups in total. The van der Waals surface area contributed by atoms with E-state index in [1.54, 1.807) is 18.2 Å². The number of carbonyl (C=O) groups excluding carboxylic acids is 1. The van der Waals surface area contributed by atoms with Gasteiger partial charge in [0, 0.05) is 29.6 Å². The Labute approximate surface area is 180 Å². The summed E-state index contributed by atoms with van der Waals surface area (Å²) < 4.78 is 0. The van der Waals surface area contributed by atoms with Crippen molar-refractivity contribution < 1.29 is 4.79 Å². The number of nitrogens with one attached hydrogen (secondary N) is 1. The van der Waals surface area contributed by atoms with Gasteiger partial charge in [-0.2, -0.15) is 5.26 Å². The number of piperidine rings is 1. The first-order valence-electron chi connectivity index (χ1n) is 9.78. The van der Waals surface area contributed by atoms with Crippen LogP contribution in [-0.4, -0.2) is 29.2 Å². The van der Waals surface area contributed by atoms with Crippen molar-refractivity contribution in [3.05, 3.63) is 71.2 Å². The summed E-state index contributed by atoms with van der Waals surface area (Å²) >= 11 is 6.00. The van der Waals surface area contributed by atoms with Crippen molar-refractivity contribution in [1.29, 1.82) is 5.26 Å². The van der Waals surface area contributed by atoms with Crippen LogP contribution in [0.25, 0.3) is 11.3 Å². The number of rotatable bonds is 4. The number of benzene rings is 2. The van der Waals surface area contributed by atoms with E-state index in [4.69, 9.17) is 11.6 Å². The first-order valence-corrected chi connectivity index (χ1v) is 10.2. The number of anilines is 2. The maximum absolute atomic E-state index is 12.7. The molecule has 0 bridgehead atoms. The topological polar surface area (TPSA) is 81.9 Å². The van der Waals surface area contributed by atoms with Crippen molar-refractivity contribution >= 4 is 29.0 Å². The van der Waals surface area contributed by atoms with Gasteiger partial charge in [0.15, 0.2) is 5.82 Å². The first-order chi connectivity index (χ1) is 14.6. The third-order valence-electron chi connectivity index (χ3n) is 5.27. The van der Waals surface area contributed by atoms with E-state index in [1.165, 1.54) is 0 Å². The van der Waals surface area contributed by atoms with E-state index in [1.807, 2.05) is 42.5 Å².